The second kappa shape index (κ2) is 5.45. The molecular formula is C11H11ClO2. The van der Waals surface area contributed by atoms with Crippen molar-refractivity contribution in [2.75, 3.05) is 0 Å². The van der Waals surface area contributed by atoms with E-state index >= 15 is 0 Å². The van der Waals surface area contributed by atoms with E-state index in [4.69, 9.17) is 16.7 Å². The highest BCUT2D eigenvalue weighted by Gasteiger charge is 1.96. The van der Waals surface area contributed by atoms with Gasteiger partial charge in [-0.25, -0.2) is 0 Å². The van der Waals surface area contributed by atoms with E-state index in [1.807, 2.05) is 24.3 Å². The number of carbonyl (C=O) groups is 1. The highest BCUT2D eigenvalue weighted by atomic mass is 35.5. The molecule has 1 N–H and O–H groups in total. The molecule has 0 heterocycles. The van der Waals surface area contributed by atoms with Crippen LogP contribution in [0.25, 0.3) is 6.08 Å². The molecule has 0 aromatic heterocycles. The molecule has 0 fully saturated rings. The first-order valence-corrected chi connectivity index (χ1v) is 4.79. The summed E-state index contributed by atoms with van der Waals surface area (Å²) in [6, 6.07) is 7.65. The van der Waals surface area contributed by atoms with Crippen molar-refractivity contribution in [1.82, 2.24) is 0 Å². The van der Waals surface area contributed by atoms with E-state index in [9.17, 15) is 4.79 Å². The van der Waals surface area contributed by atoms with E-state index in [0.29, 0.717) is 5.88 Å². The Morgan fingerprint density at radius 3 is 2.79 bits per heavy atom. The summed E-state index contributed by atoms with van der Waals surface area (Å²) in [6.07, 6.45) is 3.44. The summed E-state index contributed by atoms with van der Waals surface area (Å²) in [7, 11) is 0. The zero-order chi connectivity index (χ0) is 10.4. The van der Waals surface area contributed by atoms with Crippen molar-refractivity contribution < 1.29 is 9.90 Å². The zero-order valence-corrected chi connectivity index (χ0v) is 8.37. The number of carboxylic acids is 1. The van der Waals surface area contributed by atoms with Gasteiger partial charge in [-0.3, -0.25) is 4.79 Å². The van der Waals surface area contributed by atoms with Crippen molar-refractivity contribution in [2.45, 2.75) is 12.3 Å². The van der Waals surface area contributed by atoms with Crippen molar-refractivity contribution in [3.63, 3.8) is 0 Å². The molecule has 74 valence electrons. The van der Waals surface area contributed by atoms with E-state index in [2.05, 4.69) is 0 Å². The number of hydrogen-bond donors (Lipinski definition) is 1. The minimum absolute atomic E-state index is 0.0383. The largest absolute Gasteiger partial charge is 0.481 e. The molecule has 0 radical (unpaired) electrons. The molecule has 0 atom stereocenters. The molecule has 0 unspecified atom stereocenters. The maximum Gasteiger partial charge on any atom is 0.307 e. The Bertz CT molecular complexity index is 345. The number of alkyl halides is 1. The van der Waals surface area contributed by atoms with Crippen molar-refractivity contribution in [1.29, 1.82) is 0 Å². The van der Waals surface area contributed by atoms with E-state index in [0.717, 1.165) is 11.1 Å². The van der Waals surface area contributed by atoms with Gasteiger partial charge < -0.3 is 5.11 Å². The maximum absolute atomic E-state index is 10.3. The summed E-state index contributed by atoms with van der Waals surface area (Å²) in [5.41, 5.74) is 1.99. The Morgan fingerprint density at radius 2 is 2.14 bits per heavy atom. The topological polar surface area (TPSA) is 37.3 Å². The van der Waals surface area contributed by atoms with Crippen LogP contribution in [0.15, 0.2) is 30.3 Å². The molecule has 0 aliphatic carbocycles. The maximum atomic E-state index is 10.3. The number of rotatable bonds is 4. The molecule has 0 aliphatic rings. The number of aliphatic carboxylic acids is 1. The molecule has 0 saturated heterocycles. The predicted octanol–water partition coefficient (Wildman–Crippen LogP) is 2.91. The highest BCUT2D eigenvalue weighted by Crippen LogP contribution is 2.13. The molecule has 0 amide bonds. The van der Waals surface area contributed by atoms with Crippen LogP contribution in [0.3, 0.4) is 0 Å². The second-order valence-corrected chi connectivity index (χ2v) is 3.10. The molecule has 2 nitrogen and oxygen atoms in total. The Hall–Kier alpha value is -1.28. The van der Waals surface area contributed by atoms with Crippen LogP contribution < -0.4 is 0 Å². The molecule has 0 bridgehead atoms. The van der Waals surface area contributed by atoms with Crippen LogP contribution in [0, 0.1) is 0 Å². The average molecular weight is 211 g/mol. The van der Waals surface area contributed by atoms with Gasteiger partial charge in [0.2, 0.25) is 0 Å². The van der Waals surface area contributed by atoms with Gasteiger partial charge in [-0.15, -0.1) is 11.6 Å². The summed E-state index contributed by atoms with van der Waals surface area (Å²) >= 11 is 5.72. The van der Waals surface area contributed by atoms with Gasteiger partial charge in [-0.1, -0.05) is 36.4 Å². The van der Waals surface area contributed by atoms with Crippen LogP contribution >= 0.6 is 11.6 Å². The summed E-state index contributed by atoms with van der Waals surface area (Å²) in [5, 5.41) is 8.44. The van der Waals surface area contributed by atoms with E-state index in [1.54, 1.807) is 12.2 Å². The van der Waals surface area contributed by atoms with E-state index in [-0.39, 0.29) is 6.42 Å². The Balaban J connectivity index is 2.75. The lowest BCUT2D eigenvalue weighted by Crippen LogP contribution is -1.90. The molecule has 1 aromatic carbocycles. The molecule has 0 saturated carbocycles. The smallest absolute Gasteiger partial charge is 0.307 e. The summed E-state index contributed by atoms with van der Waals surface area (Å²) in [4.78, 5) is 10.3. The van der Waals surface area contributed by atoms with Gasteiger partial charge in [0.05, 0.1) is 6.42 Å². The summed E-state index contributed by atoms with van der Waals surface area (Å²) in [5.74, 6) is -0.391. The molecule has 0 spiro atoms. The Morgan fingerprint density at radius 1 is 1.43 bits per heavy atom. The zero-order valence-electron chi connectivity index (χ0n) is 7.61. The van der Waals surface area contributed by atoms with Crippen molar-refractivity contribution in [3.8, 4) is 0 Å². The van der Waals surface area contributed by atoms with Crippen LogP contribution in [-0.2, 0) is 10.7 Å². The minimum Gasteiger partial charge on any atom is -0.481 e. The molecule has 1 aromatic rings. The fourth-order valence-corrected chi connectivity index (χ4v) is 1.35. The molecule has 0 aliphatic heterocycles. The van der Waals surface area contributed by atoms with Crippen LogP contribution in [-0.4, -0.2) is 11.1 Å². The van der Waals surface area contributed by atoms with Crippen LogP contribution in [0.2, 0.25) is 0 Å². The minimum atomic E-state index is -0.829. The van der Waals surface area contributed by atoms with Gasteiger partial charge in [0, 0.05) is 5.88 Å². The number of benzene rings is 1. The number of halogens is 1. The van der Waals surface area contributed by atoms with Crippen molar-refractivity contribution in [2.24, 2.45) is 0 Å². The lowest BCUT2D eigenvalue weighted by molar-refractivity contribution is -0.135. The third-order valence-corrected chi connectivity index (χ3v) is 2.08. The Labute approximate surface area is 87.8 Å². The lowest BCUT2D eigenvalue weighted by atomic mass is 10.1. The molecule has 3 heteroatoms. The second-order valence-electron chi connectivity index (χ2n) is 2.83. The third kappa shape index (κ3) is 3.23. The average Bonchev–Trinajstić information content (AvgIpc) is 2.18. The normalized spacial score (nSPS) is 10.6. The predicted molar refractivity (Wildman–Crippen MR) is 57.3 cm³/mol. The first-order valence-electron chi connectivity index (χ1n) is 4.26. The fourth-order valence-electron chi connectivity index (χ4n) is 1.11. The third-order valence-electron chi connectivity index (χ3n) is 1.79. The number of hydrogen-bond acceptors (Lipinski definition) is 1. The highest BCUT2D eigenvalue weighted by molar-refractivity contribution is 6.17. The molecule has 1 rings (SSSR count). The van der Waals surface area contributed by atoms with Gasteiger partial charge in [-0.05, 0) is 11.1 Å². The first-order chi connectivity index (χ1) is 6.74. The van der Waals surface area contributed by atoms with Gasteiger partial charge in [0.15, 0.2) is 0 Å². The summed E-state index contributed by atoms with van der Waals surface area (Å²) < 4.78 is 0. The van der Waals surface area contributed by atoms with E-state index in [1.165, 1.54) is 0 Å². The molecular weight excluding hydrogens is 200 g/mol. The van der Waals surface area contributed by atoms with Gasteiger partial charge in [0.25, 0.3) is 0 Å². The van der Waals surface area contributed by atoms with Gasteiger partial charge in [0.1, 0.15) is 0 Å². The standard InChI is InChI=1S/C11H11ClO2/c12-8-10-5-2-1-4-9(10)6-3-7-11(13)14/h1-6H,7-8H2,(H,13,14). The SMILES string of the molecule is O=C(O)CC=Cc1ccccc1CCl. The Kier molecular flexibility index (Phi) is 4.20. The quantitative estimate of drug-likeness (QED) is 0.776. The van der Waals surface area contributed by atoms with Crippen LogP contribution in [0.1, 0.15) is 17.5 Å². The number of carboxylic acid groups (broad SMARTS) is 1. The van der Waals surface area contributed by atoms with Gasteiger partial charge >= 0.3 is 5.97 Å². The molecule has 14 heavy (non-hydrogen) atoms. The van der Waals surface area contributed by atoms with Gasteiger partial charge in [-0.2, -0.15) is 0 Å². The fraction of sp³-hybridized carbons (Fsp3) is 0.182. The van der Waals surface area contributed by atoms with Crippen LogP contribution in [0.4, 0.5) is 0 Å². The lowest BCUT2D eigenvalue weighted by Gasteiger charge is -2.00. The first kappa shape index (κ1) is 10.8. The summed E-state index contributed by atoms with van der Waals surface area (Å²) in [6.45, 7) is 0. The van der Waals surface area contributed by atoms with Crippen LogP contribution in [0.5, 0.6) is 0 Å². The van der Waals surface area contributed by atoms with Crippen molar-refractivity contribution in [3.05, 3.63) is 41.5 Å². The van der Waals surface area contributed by atoms with E-state index < -0.39 is 5.97 Å². The van der Waals surface area contributed by atoms with Crippen molar-refractivity contribution >= 4 is 23.6 Å². The monoisotopic (exact) mass is 210 g/mol.